The zero-order chi connectivity index (χ0) is 15.7. The molecular weight excluding hydrogens is 293 g/mol. The van der Waals surface area contributed by atoms with E-state index in [0.717, 1.165) is 38.5 Å². The van der Waals surface area contributed by atoms with Crippen LogP contribution in [0.4, 0.5) is 4.39 Å². The summed E-state index contributed by atoms with van der Waals surface area (Å²) in [6.45, 7) is 4.96. The Kier molecular flexibility index (Phi) is 3.91. The second-order valence-corrected chi connectivity index (χ2v) is 6.89. The van der Waals surface area contributed by atoms with Crippen molar-refractivity contribution >= 4 is 0 Å². The molecule has 0 bridgehead atoms. The van der Waals surface area contributed by atoms with E-state index in [4.69, 9.17) is 4.74 Å². The highest BCUT2D eigenvalue weighted by Gasteiger charge is 2.38. The van der Waals surface area contributed by atoms with Crippen molar-refractivity contribution in [2.75, 3.05) is 26.3 Å². The Morgan fingerprint density at radius 1 is 1.30 bits per heavy atom. The van der Waals surface area contributed by atoms with Crippen molar-refractivity contribution in [1.82, 2.24) is 14.7 Å². The molecule has 3 heterocycles. The second kappa shape index (κ2) is 6.06. The van der Waals surface area contributed by atoms with Gasteiger partial charge < -0.3 is 4.74 Å². The maximum Gasteiger partial charge on any atom is 0.125 e. The first-order valence-electron chi connectivity index (χ1n) is 8.32. The zero-order valence-corrected chi connectivity index (χ0v) is 13.2. The van der Waals surface area contributed by atoms with E-state index in [-0.39, 0.29) is 5.82 Å². The first kappa shape index (κ1) is 14.8. The van der Waals surface area contributed by atoms with Crippen LogP contribution in [0.2, 0.25) is 0 Å². The summed E-state index contributed by atoms with van der Waals surface area (Å²) in [5.74, 6) is -0.237. The lowest BCUT2D eigenvalue weighted by molar-refractivity contribution is 0.0645. The third kappa shape index (κ3) is 3.16. The van der Waals surface area contributed by atoms with Crippen LogP contribution < -0.4 is 0 Å². The Balaban J connectivity index is 1.45. The number of piperidine rings is 1. The Morgan fingerprint density at radius 3 is 3.09 bits per heavy atom. The van der Waals surface area contributed by atoms with Crippen LogP contribution in [0.25, 0.3) is 5.69 Å². The molecule has 0 radical (unpaired) electrons. The van der Waals surface area contributed by atoms with E-state index in [1.54, 1.807) is 10.7 Å². The number of ether oxygens (including phenoxy) is 1. The molecule has 0 unspecified atom stereocenters. The molecule has 1 atom stereocenters. The third-order valence-corrected chi connectivity index (χ3v) is 5.04. The van der Waals surface area contributed by atoms with E-state index in [0.29, 0.717) is 5.41 Å². The van der Waals surface area contributed by atoms with Gasteiger partial charge in [0.2, 0.25) is 0 Å². The summed E-state index contributed by atoms with van der Waals surface area (Å²) in [4.78, 5) is 2.51. The Labute approximate surface area is 135 Å². The Hall–Kier alpha value is -1.72. The predicted molar refractivity (Wildman–Crippen MR) is 85.9 cm³/mol. The van der Waals surface area contributed by atoms with Crippen LogP contribution in [-0.4, -0.2) is 41.0 Å². The van der Waals surface area contributed by atoms with Crippen LogP contribution in [0.5, 0.6) is 0 Å². The van der Waals surface area contributed by atoms with Crippen LogP contribution in [-0.2, 0) is 11.3 Å². The lowest BCUT2D eigenvalue weighted by Gasteiger charge is -2.39. The van der Waals surface area contributed by atoms with Crippen LogP contribution >= 0.6 is 0 Å². The minimum atomic E-state index is -0.237. The number of halogens is 1. The van der Waals surface area contributed by atoms with Gasteiger partial charge in [0.15, 0.2) is 0 Å². The summed E-state index contributed by atoms with van der Waals surface area (Å²) < 4.78 is 20.7. The van der Waals surface area contributed by atoms with Crippen LogP contribution in [0.3, 0.4) is 0 Å². The van der Waals surface area contributed by atoms with Crippen molar-refractivity contribution in [2.45, 2.75) is 25.8 Å². The predicted octanol–water partition coefficient (Wildman–Crippen LogP) is 3.01. The van der Waals surface area contributed by atoms with Gasteiger partial charge in [-0.05, 0) is 44.0 Å². The molecule has 2 saturated heterocycles. The lowest BCUT2D eigenvalue weighted by atomic mass is 9.79. The third-order valence-electron chi connectivity index (χ3n) is 5.04. The zero-order valence-electron chi connectivity index (χ0n) is 13.2. The van der Waals surface area contributed by atoms with E-state index in [1.165, 1.54) is 37.0 Å². The number of rotatable bonds is 3. The molecule has 23 heavy (non-hydrogen) atoms. The van der Waals surface area contributed by atoms with Gasteiger partial charge in [0.1, 0.15) is 5.82 Å². The average molecular weight is 315 g/mol. The molecule has 2 aliphatic rings. The van der Waals surface area contributed by atoms with Crippen molar-refractivity contribution in [3.05, 3.63) is 48.0 Å². The second-order valence-electron chi connectivity index (χ2n) is 6.89. The molecule has 5 heteroatoms. The molecule has 0 amide bonds. The summed E-state index contributed by atoms with van der Waals surface area (Å²) in [7, 11) is 0. The molecule has 4 rings (SSSR count). The molecule has 1 spiro atoms. The molecule has 2 aromatic rings. The molecule has 0 N–H and O–H groups in total. The molecular formula is C18H22FN3O. The maximum atomic E-state index is 13.3. The van der Waals surface area contributed by atoms with Crippen LogP contribution in [0, 0.1) is 11.2 Å². The van der Waals surface area contributed by atoms with Crippen molar-refractivity contribution in [1.29, 1.82) is 0 Å². The van der Waals surface area contributed by atoms with Crippen molar-refractivity contribution in [3.8, 4) is 5.69 Å². The van der Waals surface area contributed by atoms with Crippen molar-refractivity contribution in [3.63, 3.8) is 0 Å². The monoisotopic (exact) mass is 315 g/mol. The summed E-state index contributed by atoms with van der Waals surface area (Å²) in [5.41, 5.74) is 2.30. The Bertz CT molecular complexity index is 678. The van der Waals surface area contributed by atoms with Gasteiger partial charge in [-0.25, -0.2) is 9.07 Å². The molecule has 0 aliphatic carbocycles. The van der Waals surface area contributed by atoms with E-state index in [1.807, 2.05) is 18.5 Å². The maximum absolute atomic E-state index is 13.3. The fraction of sp³-hybridized carbons (Fsp3) is 0.500. The number of aromatic nitrogens is 2. The number of hydrogen-bond acceptors (Lipinski definition) is 3. The van der Waals surface area contributed by atoms with E-state index in [2.05, 4.69) is 10.00 Å². The topological polar surface area (TPSA) is 30.3 Å². The first-order valence-corrected chi connectivity index (χ1v) is 8.32. The van der Waals surface area contributed by atoms with Gasteiger partial charge in [0, 0.05) is 36.9 Å². The molecule has 0 saturated carbocycles. The number of likely N-dealkylation sites (tertiary alicyclic amines) is 1. The first-order chi connectivity index (χ1) is 11.2. The van der Waals surface area contributed by atoms with E-state index >= 15 is 0 Å². The molecule has 2 fully saturated rings. The van der Waals surface area contributed by atoms with Crippen LogP contribution in [0.15, 0.2) is 36.7 Å². The molecule has 4 nitrogen and oxygen atoms in total. The fourth-order valence-corrected chi connectivity index (χ4v) is 3.88. The Morgan fingerprint density at radius 2 is 2.26 bits per heavy atom. The highest BCUT2D eigenvalue weighted by molar-refractivity contribution is 5.31. The van der Waals surface area contributed by atoms with Crippen molar-refractivity contribution in [2.24, 2.45) is 5.41 Å². The standard InChI is InChI=1S/C18H22FN3O/c19-16-3-1-4-17(9-16)22-12-15(10-20-22)11-21-7-2-5-18(13-21)6-8-23-14-18/h1,3-4,9-10,12H,2,5-8,11,13-14H2/t18-/m1/s1. The van der Waals surface area contributed by atoms with Gasteiger partial charge >= 0.3 is 0 Å². The van der Waals surface area contributed by atoms with Gasteiger partial charge in [0.05, 0.1) is 18.5 Å². The summed E-state index contributed by atoms with van der Waals surface area (Å²) in [5, 5.41) is 4.38. The van der Waals surface area contributed by atoms with Gasteiger partial charge in [-0.2, -0.15) is 5.10 Å². The highest BCUT2D eigenvalue weighted by atomic mass is 19.1. The molecule has 2 aliphatic heterocycles. The normalized spacial score (nSPS) is 25.3. The SMILES string of the molecule is Fc1cccc(-n2cc(CN3CCC[C@@]4(CCOC4)C3)cn2)c1. The minimum absolute atomic E-state index is 0.237. The van der Waals surface area contributed by atoms with Gasteiger partial charge in [-0.3, -0.25) is 4.90 Å². The summed E-state index contributed by atoms with van der Waals surface area (Å²) in [6.07, 6.45) is 7.60. The number of benzene rings is 1. The van der Waals surface area contributed by atoms with Gasteiger partial charge in [-0.1, -0.05) is 6.07 Å². The average Bonchev–Trinajstić information content (AvgIpc) is 3.18. The van der Waals surface area contributed by atoms with E-state index in [9.17, 15) is 4.39 Å². The summed E-state index contributed by atoms with van der Waals surface area (Å²) >= 11 is 0. The van der Waals surface area contributed by atoms with Crippen molar-refractivity contribution < 1.29 is 9.13 Å². The smallest absolute Gasteiger partial charge is 0.125 e. The largest absolute Gasteiger partial charge is 0.381 e. The quantitative estimate of drug-likeness (QED) is 0.872. The molecule has 1 aromatic heterocycles. The fourth-order valence-electron chi connectivity index (χ4n) is 3.88. The van der Waals surface area contributed by atoms with Crippen LogP contribution in [0.1, 0.15) is 24.8 Å². The lowest BCUT2D eigenvalue weighted by Crippen LogP contribution is -2.43. The molecule has 1 aromatic carbocycles. The summed E-state index contributed by atoms with van der Waals surface area (Å²) in [6, 6.07) is 6.53. The number of hydrogen-bond donors (Lipinski definition) is 0. The minimum Gasteiger partial charge on any atom is -0.381 e. The van der Waals surface area contributed by atoms with Gasteiger partial charge in [0.25, 0.3) is 0 Å². The van der Waals surface area contributed by atoms with Gasteiger partial charge in [-0.15, -0.1) is 0 Å². The number of nitrogens with zero attached hydrogens (tertiary/aromatic N) is 3. The highest BCUT2D eigenvalue weighted by Crippen LogP contribution is 2.38. The van der Waals surface area contributed by atoms with E-state index < -0.39 is 0 Å². The molecule has 122 valence electrons.